The molecule has 2 N–H and O–H groups in total. The number of hydrogen-bond acceptors (Lipinski definition) is 3. The van der Waals surface area contributed by atoms with Crippen molar-refractivity contribution in [1.82, 2.24) is 4.90 Å². The summed E-state index contributed by atoms with van der Waals surface area (Å²) in [7, 11) is 0. The minimum Gasteiger partial charge on any atom is -0.340 e. The number of hydrogen-bond donors (Lipinski definition) is 1. The van der Waals surface area contributed by atoms with E-state index in [0.29, 0.717) is 0 Å². The fourth-order valence-electron chi connectivity index (χ4n) is 1.81. The lowest BCUT2D eigenvalue weighted by molar-refractivity contribution is -0.134. The number of nitrogens with zero attached hydrogens (tertiary/aromatic N) is 1. The third kappa shape index (κ3) is 4.18. The highest BCUT2D eigenvalue weighted by Gasteiger charge is 2.33. The third-order valence-electron chi connectivity index (χ3n) is 3.35. The van der Waals surface area contributed by atoms with Crippen LogP contribution in [-0.4, -0.2) is 40.4 Å². The molecule has 0 aromatic carbocycles. The largest absolute Gasteiger partial charge is 0.340 e. The zero-order valence-electron chi connectivity index (χ0n) is 11.7. The highest BCUT2D eigenvalue weighted by atomic mass is 32.2. The Labute approximate surface area is 109 Å². The summed E-state index contributed by atoms with van der Waals surface area (Å²) in [6.45, 7) is 12.2. The second-order valence-corrected chi connectivity index (χ2v) is 8.33. The van der Waals surface area contributed by atoms with Crippen LogP contribution in [-0.2, 0) is 4.79 Å². The summed E-state index contributed by atoms with van der Waals surface area (Å²) < 4.78 is 0.279. The number of nitrogens with two attached hydrogens (primary N) is 1. The Morgan fingerprint density at radius 2 is 1.94 bits per heavy atom. The first-order chi connectivity index (χ1) is 7.63. The van der Waals surface area contributed by atoms with Gasteiger partial charge in [0, 0.05) is 23.6 Å². The highest BCUT2D eigenvalue weighted by Crippen LogP contribution is 2.31. The van der Waals surface area contributed by atoms with Gasteiger partial charge in [0.15, 0.2) is 0 Å². The first kappa shape index (κ1) is 14.8. The molecule has 1 amide bonds. The maximum Gasteiger partial charge on any atom is 0.240 e. The molecule has 100 valence electrons. The van der Waals surface area contributed by atoms with E-state index in [-0.39, 0.29) is 16.1 Å². The van der Waals surface area contributed by atoms with Crippen molar-refractivity contribution in [3.63, 3.8) is 0 Å². The van der Waals surface area contributed by atoms with Crippen molar-refractivity contribution in [2.45, 2.75) is 51.8 Å². The van der Waals surface area contributed by atoms with E-state index in [1.807, 2.05) is 37.4 Å². The van der Waals surface area contributed by atoms with Gasteiger partial charge >= 0.3 is 0 Å². The normalized spacial score (nSPS) is 23.1. The fraction of sp³-hybridized carbons (Fsp3) is 0.923. The van der Waals surface area contributed by atoms with Gasteiger partial charge < -0.3 is 10.6 Å². The lowest BCUT2D eigenvalue weighted by Gasteiger charge is -2.31. The lowest BCUT2D eigenvalue weighted by Crippen LogP contribution is -2.51. The Morgan fingerprint density at radius 1 is 1.35 bits per heavy atom. The number of amides is 1. The summed E-state index contributed by atoms with van der Waals surface area (Å²) in [5, 5.41) is 0. The topological polar surface area (TPSA) is 46.3 Å². The zero-order chi connectivity index (χ0) is 13.3. The van der Waals surface area contributed by atoms with Gasteiger partial charge in [-0.1, -0.05) is 34.6 Å². The number of carbonyl (C=O) groups excluding carboxylic acids is 1. The van der Waals surface area contributed by atoms with E-state index < -0.39 is 6.04 Å². The molecule has 0 bridgehead atoms. The van der Waals surface area contributed by atoms with Gasteiger partial charge in [-0.05, 0) is 11.8 Å². The minimum absolute atomic E-state index is 0.107. The van der Waals surface area contributed by atoms with Crippen LogP contribution < -0.4 is 5.73 Å². The minimum atomic E-state index is -0.395. The molecule has 0 spiro atoms. The average Bonchev–Trinajstić information content (AvgIpc) is 2.36. The van der Waals surface area contributed by atoms with Crippen molar-refractivity contribution < 1.29 is 4.79 Å². The number of thioether (sulfide) groups is 1. The molecule has 1 atom stereocenters. The summed E-state index contributed by atoms with van der Waals surface area (Å²) in [5.41, 5.74) is 5.89. The Morgan fingerprint density at radius 3 is 2.47 bits per heavy atom. The van der Waals surface area contributed by atoms with Crippen LogP contribution in [0.2, 0.25) is 0 Å². The summed E-state index contributed by atoms with van der Waals surface area (Å²) in [6.07, 6.45) is 1.04. The number of carbonyl (C=O) groups is 1. The smallest absolute Gasteiger partial charge is 0.240 e. The van der Waals surface area contributed by atoms with Gasteiger partial charge in [-0.15, -0.1) is 0 Å². The molecule has 1 saturated heterocycles. The highest BCUT2D eigenvalue weighted by molar-refractivity contribution is 8.00. The molecule has 1 heterocycles. The number of rotatable bonds is 1. The maximum absolute atomic E-state index is 12.3. The van der Waals surface area contributed by atoms with E-state index in [2.05, 4.69) is 13.8 Å². The summed E-state index contributed by atoms with van der Waals surface area (Å²) >= 11 is 1.95. The molecule has 1 aliphatic heterocycles. The third-order valence-corrected chi connectivity index (χ3v) is 4.72. The molecule has 0 aromatic heterocycles. The molecule has 4 heteroatoms. The van der Waals surface area contributed by atoms with Gasteiger partial charge in [-0.25, -0.2) is 0 Å². The van der Waals surface area contributed by atoms with Crippen LogP contribution in [0.15, 0.2) is 0 Å². The maximum atomic E-state index is 12.3. The van der Waals surface area contributed by atoms with Crippen LogP contribution in [0.25, 0.3) is 0 Å². The predicted molar refractivity (Wildman–Crippen MR) is 75.2 cm³/mol. The monoisotopic (exact) mass is 258 g/mol. The Balaban J connectivity index is 2.65. The van der Waals surface area contributed by atoms with Crippen molar-refractivity contribution in [1.29, 1.82) is 0 Å². The van der Waals surface area contributed by atoms with Crippen molar-refractivity contribution in [2.75, 3.05) is 18.8 Å². The molecule has 1 aliphatic rings. The molecule has 3 nitrogen and oxygen atoms in total. The van der Waals surface area contributed by atoms with Crippen molar-refractivity contribution in [3.8, 4) is 0 Å². The lowest BCUT2D eigenvalue weighted by atomic mass is 9.86. The summed E-state index contributed by atoms with van der Waals surface area (Å²) in [6, 6.07) is -0.395. The van der Waals surface area contributed by atoms with Crippen LogP contribution >= 0.6 is 11.8 Å². The van der Waals surface area contributed by atoms with E-state index in [1.165, 1.54) is 0 Å². The van der Waals surface area contributed by atoms with Gasteiger partial charge in [0.25, 0.3) is 0 Å². The van der Waals surface area contributed by atoms with Crippen LogP contribution in [0.5, 0.6) is 0 Å². The molecule has 0 aromatic rings. The molecule has 1 fully saturated rings. The fourth-order valence-corrected chi connectivity index (χ4v) is 2.91. The molecule has 0 radical (unpaired) electrons. The second kappa shape index (κ2) is 5.19. The Bertz CT molecular complexity index is 284. The van der Waals surface area contributed by atoms with E-state index in [0.717, 1.165) is 25.3 Å². The summed E-state index contributed by atoms with van der Waals surface area (Å²) in [4.78, 5) is 14.2. The van der Waals surface area contributed by atoms with Gasteiger partial charge in [-0.3, -0.25) is 4.79 Å². The standard InChI is InChI=1S/C13H26N2OS/c1-12(2,3)10(14)11(16)15-7-6-13(4,5)17-9-8-15/h10H,6-9,14H2,1-5H3/t10-/m0/s1. The summed E-state index contributed by atoms with van der Waals surface area (Å²) in [5.74, 6) is 1.12. The first-order valence-electron chi connectivity index (χ1n) is 6.32. The van der Waals surface area contributed by atoms with Gasteiger partial charge in [0.2, 0.25) is 5.91 Å². The molecule has 17 heavy (non-hydrogen) atoms. The Kier molecular flexibility index (Phi) is 4.53. The van der Waals surface area contributed by atoms with Crippen LogP contribution in [0.1, 0.15) is 41.0 Å². The van der Waals surface area contributed by atoms with Gasteiger partial charge in [0.05, 0.1) is 6.04 Å². The van der Waals surface area contributed by atoms with Crippen LogP contribution in [0, 0.1) is 5.41 Å². The van der Waals surface area contributed by atoms with E-state index in [4.69, 9.17) is 5.73 Å². The Hall–Kier alpha value is -0.220. The SMILES string of the molecule is CC1(C)CCN(C(=O)[C@H](N)C(C)(C)C)CCS1. The predicted octanol–water partition coefficient (Wildman–Crippen LogP) is 2.10. The molecule has 0 saturated carbocycles. The van der Waals surface area contributed by atoms with E-state index in [9.17, 15) is 4.79 Å². The zero-order valence-corrected chi connectivity index (χ0v) is 12.6. The van der Waals surface area contributed by atoms with Crippen molar-refractivity contribution >= 4 is 17.7 Å². The van der Waals surface area contributed by atoms with Crippen molar-refractivity contribution in [2.24, 2.45) is 11.1 Å². The first-order valence-corrected chi connectivity index (χ1v) is 7.30. The van der Waals surface area contributed by atoms with Crippen LogP contribution in [0.4, 0.5) is 0 Å². The second-order valence-electron chi connectivity index (χ2n) is 6.53. The van der Waals surface area contributed by atoms with Gasteiger partial charge in [0.1, 0.15) is 0 Å². The molecule has 0 unspecified atom stereocenters. The van der Waals surface area contributed by atoms with Crippen LogP contribution in [0.3, 0.4) is 0 Å². The quantitative estimate of drug-likeness (QED) is 0.783. The molecule has 0 aliphatic carbocycles. The van der Waals surface area contributed by atoms with E-state index >= 15 is 0 Å². The molecular formula is C13H26N2OS. The van der Waals surface area contributed by atoms with Crippen molar-refractivity contribution in [3.05, 3.63) is 0 Å². The van der Waals surface area contributed by atoms with Gasteiger partial charge in [-0.2, -0.15) is 11.8 Å². The average molecular weight is 258 g/mol. The molecular weight excluding hydrogens is 232 g/mol. The molecule has 1 rings (SSSR count). The van der Waals surface area contributed by atoms with E-state index in [1.54, 1.807) is 0 Å².